The fourth-order valence-electron chi connectivity index (χ4n) is 2.97. The highest BCUT2D eigenvalue weighted by atomic mass is 16.5. The van der Waals surface area contributed by atoms with E-state index in [1.165, 1.54) is 0 Å². The molecule has 0 bridgehead atoms. The second kappa shape index (κ2) is 8.93. The lowest BCUT2D eigenvalue weighted by molar-refractivity contribution is -0.117. The van der Waals surface area contributed by atoms with E-state index in [9.17, 15) is 9.59 Å². The van der Waals surface area contributed by atoms with Crippen LogP contribution in [0.1, 0.15) is 27.5 Å². The van der Waals surface area contributed by atoms with E-state index < -0.39 is 11.9 Å². The van der Waals surface area contributed by atoms with Crippen LogP contribution in [0.15, 0.2) is 72.8 Å². The number of nitrogens with two attached hydrogens (primary N) is 1. The highest BCUT2D eigenvalue weighted by Gasteiger charge is 2.22. The predicted molar refractivity (Wildman–Crippen MR) is 114 cm³/mol. The molecule has 0 fully saturated rings. The Morgan fingerprint density at radius 1 is 0.966 bits per heavy atom. The zero-order valence-corrected chi connectivity index (χ0v) is 16.3. The molecule has 3 rings (SSSR count). The average molecular weight is 389 g/mol. The highest BCUT2D eigenvalue weighted by molar-refractivity contribution is 5.98. The molecule has 1 unspecified atom stereocenters. The Bertz CT molecular complexity index is 1000. The van der Waals surface area contributed by atoms with Crippen molar-refractivity contribution < 1.29 is 14.3 Å². The zero-order chi connectivity index (χ0) is 20.8. The second-order valence-corrected chi connectivity index (χ2v) is 6.62. The summed E-state index contributed by atoms with van der Waals surface area (Å²) in [5.74, 6) is -0.152. The van der Waals surface area contributed by atoms with Crippen molar-refractivity contribution in [2.75, 3.05) is 17.7 Å². The number of anilines is 2. The van der Waals surface area contributed by atoms with Crippen LogP contribution in [0.5, 0.6) is 5.75 Å². The van der Waals surface area contributed by atoms with Crippen LogP contribution in [0, 0.1) is 6.92 Å². The quantitative estimate of drug-likeness (QED) is 0.571. The van der Waals surface area contributed by atoms with Crippen molar-refractivity contribution in [2.24, 2.45) is 5.73 Å². The summed E-state index contributed by atoms with van der Waals surface area (Å²) in [4.78, 5) is 24.4. The topological polar surface area (TPSA) is 93.4 Å². The molecule has 6 heteroatoms. The van der Waals surface area contributed by atoms with Crippen molar-refractivity contribution >= 4 is 23.2 Å². The zero-order valence-electron chi connectivity index (χ0n) is 16.3. The lowest BCUT2D eigenvalue weighted by atomic mass is 10.0. The van der Waals surface area contributed by atoms with Gasteiger partial charge in [0.15, 0.2) is 0 Å². The molecule has 6 nitrogen and oxygen atoms in total. The van der Waals surface area contributed by atoms with Gasteiger partial charge in [-0.3, -0.25) is 9.59 Å². The molecule has 0 radical (unpaired) electrons. The number of ether oxygens (including phenoxy) is 1. The Labute approximate surface area is 169 Å². The number of methoxy groups -OCH3 is 1. The van der Waals surface area contributed by atoms with Crippen molar-refractivity contribution in [3.8, 4) is 5.75 Å². The number of nitrogens with one attached hydrogen (secondary N) is 2. The molecule has 4 N–H and O–H groups in total. The molecule has 29 heavy (non-hydrogen) atoms. The summed E-state index contributed by atoms with van der Waals surface area (Å²) in [6.07, 6.45) is 0. The summed E-state index contributed by atoms with van der Waals surface area (Å²) in [6, 6.07) is 21.0. The van der Waals surface area contributed by atoms with Crippen LogP contribution in [0.4, 0.5) is 11.4 Å². The fourth-order valence-corrected chi connectivity index (χ4v) is 2.97. The summed E-state index contributed by atoms with van der Waals surface area (Å²) in [5, 5.41) is 6.18. The minimum Gasteiger partial charge on any atom is -0.495 e. The lowest BCUT2D eigenvalue weighted by Gasteiger charge is -2.21. The molecule has 3 aromatic carbocycles. The van der Waals surface area contributed by atoms with Gasteiger partial charge in [0.2, 0.25) is 5.91 Å². The Morgan fingerprint density at radius 2 is 1.66 bits per heavy atom. The van der Waals surface area contributed by atoms with Gasteiger partial charge in [-0.1, -0.05) is 36.4 Å². The van der Waals surface area contributed by atoms with Crippen molar-refractivity contribution in [3.05, 3.63) is 89.5 Å². The molecule has 0 aliphatic carbocycles. The SMILES string of the molecule is COc1ccc(C)cc1NC(=O)C(Nc1ccc(C(N)=O)cc1)c1ccccc1. The first-order valence-electron chi connectivity index (χ1n) is 9.15. The first kappa shape index (κ1) is 19.9. The van der Waals surface area contributed by atoms with Gasteiger partial charge in [-0.25, -0.2) is 0 Å². The molecule has 0 aliphatic rings. The molecule has 148 valence electrons. The van der Waals surface area contributed by atoms with E-state index in [4.69, 9.17) is 10.5 Å². The van der Waals surface area contributed by atoms with Gasteiger partial charge in [0.05, 0.1) is 12.8 Å². The summed E-state index contributed by atoms with van der Waals surface area (Å²) in [5.41, 5.74) is 8.80. The maximum absolute atomic E-state index is 13.2. The summed E-state index contributed by atoms with van der Waals surface area (Å²) >= 11 is 0. The van der Waals surface area contributed by atoms with Crippen LogP contribution in [0.3, 0.4) is 0 Å². The van der Waals surface area contributed by atoms with Crippen LogP contribution in [-0.2, 0) is 4.79 Å². The van der Waals surface area contributed by atoms with Crippen LogP contribution < -0.4 is 21.1 Å². The third-order valence-corrected chi connectivity index (χ3v) is 4.49. The number of hydrogen-bond acceptors (Lipinski definition) is 4. The van der Waals surface area contributed by atoms with Gasteiger partial charge in [0.25, 0.3) is 5.91 Å². The van der Waals surface area contributed by atoms with E-state index in [2.05, 4.69) is 10.6 Å². The lowest BCUT2D eigenvalue weighted by Crippen LogP contribution is -2.27. The average Bonchev–Trinajstić information content (AvgIpc) is 2.73. The number of carbonyl (C=O) groups is 2. The van der Waals surface area contributed by atoms with Crippen LogP contribution in [0.2, 0.25) is 0 Å². The van der Waals surface area contributed by atoms with Gasteiger partial charge in [0.1, 0.15) is 11.8 Å². The van der Waals surface area contributed by atoms with E-state index in [0.717, 1.165) is 11.1 Å². The van der Waals surface area contributed by atoms with Gasteiger partial charge in [-0.05, 0) is 54.4 Å². The van der Waals surface area contributed by atoms with Crippen LogP contribution in [-0.4, -0.2) is 18.9 Å². The monoisotopic (exact) mass is 389 g/mol. The standard InChI is InChI=1S/C23H23N3O3/c1-15-8-13-20(29-2)19(14-15)26-23(28)21(16-6-4-3-5-7-16)25-18-11-9-17(10-12-18)22(24)27/h3-14,21,25H,1-2H3,(H2,24,27)(H,26,28). The molecule has 0 saturated heterocycles. The third kappa shape index (κ3) is 4.93. The number of aryl methyl sites for hydroxylation is 1. The van der Waals surface area contributed by atoms with Gasteiger partial charge in [-0.2, -0.15) is 0 Å². The Balaban J connectivity index is 1.88. The van der Waals surface area contributed by atoms with Crippen molar-refractivity contribution in [2.45, 2.75) is 13.0 Å². The predicted octanol–water partition coefficient (Wildman–Crippen LogP) is 3.89. The minimum atomic E-state index is -0.652. The summed E-state index contributed by atoms with van der Waals surface area (Å²) < 4.78 is 5.36. The van der Waals surface area contributed by atoms with Crippen molar-refractivity contribution in [1.29, 1.82) is 0 Å². The number of primary amides is 1. The van der Waals surface area contributed by atoms with E-state index in [1.54, 1.807) is 31.4 Å². The number of rotatable bonds is 7. The Morgan fingerprint density at radius 3 is 2.28 bits per heavy atom. The smallest absolute Gasteiger partial charge is 0.251 e. The van der Waals surface area contributed by atoms with E-state index in [-0.39, 0.29) is 5.91 Å². The van der Waals surface area contributed by atoms with E-state index in [0.29, 0.717) is 22.7 Å². The van der Waals surface area contributed by atoms with E-state index >= 15 is 0 Å². The Hall–Kier alpha value is -3.80. The molecule has 0 aliphatic heterocycles. The summed E-state index contributed by atoms with van der Waals surface area (Å²) in [6.45, 7) is 1.95. The second-order valence-electron chi connectivity index (χ2n) is 6.62. The highest BCUT2D eigenvalue weighted by Crippen LogP contribution is 2.28. The van der Waals surface area contributed by atoms with Crippen molar-refractivity contribution in [3.63, 3.8) is 0 Å². The van der Waals surface area contributed by atoms with Gasteiger partial charge in [0, 0.05) is 11.3 Å². The molecule has 0 spiro atoms. The molecule has 2 amide bonds. The number of amides is 2. The molecule has 0 aromatic heterocycles. The van der Waals surface area contributed by atoms with E-state index in [1.807, 2.05) is 55.5 Å². The molecular weight excluding hydrogens is 366 g/mol. The van der Waals surface area contributed by atoms with Crippen LogP contribution in [0.25, 0.3) is 0 Å². The summed E-state index contributed by atoms with van der Waals surface area (Å²) in [7, 11) is 1.56. The largest absolute Gasteiger partial charge is 0.495 e. The third-order valence-electron chi connectivity index (χ3n) is 4.49. The maximum Gasteiger partial charge on any atom is 0.251 e. The normalized spacial score (nSPS) is 11.4. The molecule has 0 saturated carbocycles. The molecule has 1 atom stereocenters. The maximum atomic E-state index is 13.2. The molecular formula is C23H23N3O3. The fraction of sp³-hybridized carbons (Fsp3) is 0.130. The molecule has 0 heterocycles. The van der Waals surface area contributed by atoms with Crippen LogP contribution >= 0.6 is 0 Å². The minimum absolute atomic E-state index is 0.237. The van der Waals surface area contributed by atoms with Gasteiger partial charge < -0.3 is 21.1 Å². The van der Waals surface area contributed by atoms with Crippen molar-refractivity contribution in [1.82, 2.24) is 0 Å². The number of hydrogen-bond donors (Lipinski definition) is 3. The van der Waals surface area contributed by atoms with Gasteiger partial charge in [-0.15, -0.1) is 0 Å². The Kier molecular flexibility index (Phi) is 6.14. The van der Waals surface area contributed by atoms with Gasteiger partial charge >= 0.3 is 0 Å². The first-order valence-corrected chi connectivity index (χ1v) is 9.15. The number of carbonyl (C=O) groups excluding carboxylic acids is 2. The first-order chi connectivity index (χ1) is 14.0. The molecule has 3 aromatic rings. The number of benzene rings is 3.